The number of carbonyl (C=O) groups is 2. The summed E-state index contributed by atoms with van der Waals surface area (Å²) in [4.78, 5) is 42.9. The first-order chi connectivity index (χ1) is 29.2. The molecule has 3 fully saturated rings. The van der Waals surface area contributed by atoms with Crippen LogP contribution in [0.4, 0.5) is 4.79 Å². The topological polar surface area (TPSA) is 180 Å². The third kappa shape index (κ3) is 9.52. The lowest BCUT2D eigenvalue weighted by atomic mass is 9.86. The highest BCUT2D eigenvalue weighted by atomic mass is 16.6. The fourth-order valence-corrected chi connectivity index (χ4v) is 8.05. The Labute approximate surface area is 346 Å². The molecule has 9 rings (SSSR count). The molecule has 14 heteroatoms. The summed E-state index contributed by atoms with van der Waals surface area (Å²) in [6.07, 6.45) is 0.688. The van der Waals surface area contributed by atoms with Crippen molar-refractivity contribution in [2.24, 2.45) is 13.0 Å². The minimum atomic E-state index is -0.907. The van der Waals surface area contributed by atoms with Crippen molar-refractivity contribution in [3.63, 3.8) is 0 Å². The summed E-state index contributed by atoms with van der Waals surface area (Å²) in [6.45, 7) is 3.75. The Hall–Kier alpha value is -6.48. The summed E-state index contributed by atoms with van der Waals surface area (Å²) in [5.74, 6) is 0.487. The zero-order chi connectivity index (χ0) is 41.6. The Morgan fingerprint density at radius 2 is 1.70 bits per heavy atom. The third-order valence-corrected chi connectivity index (χ3v) is 11.3. The number of aryl methyl sites for hydroxylation is 1. The number of H-pyrrole nitrogens is 1. The van der Waals surface area contributed by atoms with E-state index in [9.17, 15) is 24.6 Å². The van der Waals surface area contributed by atoms with Gasteiger partial charge in [-0.15, -0.1) is 0 Å². The minimum Gasteiger partial charge on any atom is -0.506 e. The smallest absolute Gasteiger partial charge is 0.408 e. The van der Waals surface area contributed by atoms with Crippen LogP contribution in [0, 0.1) is 5.92 Å². The van der Waals surface area contributed by atoms with E-state index in [1.807, 2.05) is 72.8 Å². The molecule has 3 aliphatic heterocycles. The van der Waals surface area contributed by atoms with Crippen molar-refractivity contribution in [3.05, 3.63) is 159 Å². The van der Waals surface area contributed by atoms with Gasteiger partial charge < -0.3 is 40.0 Å². The number of aliphatic hydroxyl groups is 1. The van der Waals surface area contributed by atoms with Crippen molar-refractivity contribution in [3.8, 4) is 11.5 Å². The van der Waals surface area contributed by atoms with E-state index in [0.29, 0.717) is 40.4 Å². The van der Waals surface area contributed by atoms with Crippen LogP contribution in [0.2, 0.25) is 0 Å². The number of benzene rings is 4. The summed E-state index contributed by atoms with van der Waals surface area (Å²) >= 11 is 0. The number of aromatic nitrogens is 3. The van der Waals surface area contributed by atoms with Crippen LogP contribution < -0.4 is 20.9 Å². The molecule has 0 saturated carbocycles. The number of phenolic OH excluding ortho intramolecular Hbond substituents is 1. The normalized spacial score (nSPS) is 18.1. The highest BCUT2D eigenvalue weighted by molar-refractivity contribution is 5.89. The quantitative estimate of drug-likeness (QED) is 0.0811. The van der Waals surface area contributed by atoms with E-state index in [1.165, 1.54) is 12.1 Å². The van der Waals surface area contributed by atoms with Gasteiger partial charge in [-0.2, -0.15) is 5.10 Å². The third-order valence-electron chi connectivity index (χ3n) is 11.3. The molecule has 3 saturated heterocycles. The highest BCUT2D eigenvalue weighted by Crippen LogP contribution is 2.31. The second-order valence-electron chi connectivity index (χ2n) is 15.4. The molecule has 310 valence electrons. The van der Waals surface area contributed by atoms with Gasteiger partial charge in [-0.1, -0.05) is 60.7 Å². The number of hydrogen-bond acceptors (Lipinski definition) is 11. The number of rotatable bonds is 15. The maximum absolute atomic E-state index is 13.2. The number of phenols is 1. The van der Waals surface area contributed by atoms with Crippen molar-refractivity contribution < 1.29 is 34.0 Å². The maximum atomic E-state index is 13.2. The molecule has 2 aromatic heterocycles. The molecule has 0 aliphatic carbocycles. The summed E-state index contributed by atoms with van der Waals surface area (Å²) in [7, 11) is 1.79. The lowest BCUT2D eigenvalue weighted by molar-refractivity contribution is -0.0336. The SMILES string of the molecule is Cn1nc(COC(=O)c2ccc(COc3cccc([C@@H](NC(=O)OC4CN5CCC4CC5)c4ccccc4)c3)cc2)cc1CNCC(O)c1ccc(O)c2[nH]c(=O)ccc12. The Balaban J connectivity index is 0.817. The van der Waals surface area contributed by atoms with E-state index < -0.39 is 24.2 Å². The zero-order valence-electron chi connectivity index (χ0n) is 33.3. The summed E-state index contributed by atoms with van der Waals surface area (Å²) in [6, 6.07) is 31.9. The van der Waals surface area contributed by atoms with E-state index in [1.54, 1.807) is 36.0 Å². The number of aromatic hydroxyl groups is 1. The van der Waals surface area contributed by atoms with E-state index in [-0.39, 0.29) is 42.7 Å². The average Bonchev–Trinajstić information content (AvgIpc) is 3.63. The fourth-order valence-electron chi connectivity index (χ4n) is 8.05. The molecule has 4 aromatic carbocycles. The fraction of sp³-hybridized carbons (Fsp3) is 0.304. The molecule has 3 aliphatic rings. The number of pyridine rings is 1. The van der Waals surface area contributed by atoms with Crippen LogP contribution >= 0.6 is 0 Å². The molecule has 0 spiro atoms. The molecular weight excluding hydrogens is 765 g/mol. The summed E-state index contributed by atoms with van der Waals surface area (Å²) in [5, 5.41) is 32.4. The van der Waals surface area contributed by atoms with Crippen LogP contribution in [0.15, 0.2) is 114 Å². The van der Waals surface area contributed by atoms with Crippen molar-refractivity contribution in [1.82, 2.24) is 30.3 Å². The van der Waals surface area contributed by atoms with Gasteiger partial charge in [0.1, 0.15) is 36.5 Å². The van der Waals surface area contributed by atoms with E-state index >= 15 is 0 Å². The summed E-state index contributed by atoms with van der Waals surface area (Å²) < 4.78 is 19.4. The largest absolute Gasteiger partial charge is 0.506 e. The van der Waals surface area contributed by atoms with Gasteiger partial charge in [0.25, 0.3) is 0 Å². The molecule has 3 atom stereocenters. The van der Waals surface area contributed by atoms with Crippen molar-refractivity contribution in [2.75, 3.05) is 26.2 Å². The molecule has 60 heavy (non-hydrogen) atoms. The number of nitrogens with one attached hydrogen (secondary N) is 3. The highest BCUT2D eigenvalue weighted by Gasteiger charge is 2.37. The molecule has 6 aromatic rings. The van der Waals surface area contributed by atoms with Crippen LogP contribution in [0.25, 0.3) is 10.9 Å². The lowest BCUT2D eigenvalue weighted by Gasteiger charge is -2.43. The van der Waals surface area contributed by atoms with Gasteiger partial charge in [0, 0.05) is 38.1 Å². The minimum absolute atomic E-state index is 0.0234. The molecule has 0 radical (unpaired) electrons. The van der Waals surface area contributed by atoms with Gasteiger partial charge in [-0.25, -0.2) is 9.59 Å². The number of piperidine rings is 3. The molecular formula is C46H48N6O8. The number of nitrogens with zero attached hydrogens (tertiary/aromatic N) is 3. The Kier molecular flexibility index (Phi) is 12.2. The van der Waals surface area contributed by atoms with Gasteiger partial charge >= 0.3 is 12.1 Å². The maximum Gasteiger partial charge on any atom is 0.408 e. The zero-order valence-corrected chi connectivity index (χ0v) is 33.3. The Morgan fingerprint density at radius 3 is 2.47 bits per heavy atom. The van der Waals surface area contributed by atoms with E-state index in [2.05, 4.69) is 25.6 Å². The molecule has 1 amide bonds. The van der Waals surface area contributed by atoms with Gasteiger partial charge in [0.15, 0.2) is 0 Å². The second kappa shape index (κ2) is 18.2. The van der Waals surface area contributed by atoms with Crippen molar-refractivity contribution in [2.45, 2.75) is 50.8 Å². The number of aliphatic hydroxyl groups excluding tert-OH is 1. The van der Waals surface area contributed by atoms with Crippen LogP contribution in [0.1, 0.15) is 69.0 Å². The number of esters is 1. The van der Waals surface area contributed by atoms with Gasteiger partial charge in [0.05, 0.1) is 28.9 Å². The monoisotopic (exact) mass is 812 g/mol. The first kappa shape index (κ1) is 40.3. The Bertz CT molecular complexity index is 2500. The van der Waals surface area contributed by atoms with E-state index in [4.69, 9.17) is 14.2 Å². The van der Waals surface area contributed by atoms with Crippen LogP contribution in [0.3, 0.4) is 0 Å². The van der Waals surface area contributed by atoms with Crippen molar-refractivity contribution in [1.29, 1.82) is 0 Å². The van der Waals surface area contributed by atoms with Crippen molar-refractivity contribution >= 4 is 23.0 Å². The average molecular weight is 813 g/mol. The van der Waals surface area contributed by atoms with Crippen LogP contribution in [-0.2, 0) is 36.3 Å². The van der Waals surface area contributed by atoms with Gasteiger partial charge in [-0.3, -0.25) is 14.4 Å². The number of carbonyl (C=O) groups excluding carboxylic acids is 2. The lowest BCUT2D eigenvalue weighted by Crippen LogP contribution is -2.52. The number of aromatic amines is 1. The first-order valence-electron chi connectivity index (χ1n) is 20.2. The predicted octanol–water partition coefficient (Wildman–Crippen LogP) is 5.64. The number of ether oxygens (including phenoxy) is 3. The van der Waals surface area contributed by atoms with E-state index in [0.717, 1.165) is 54.9 Å². The van der Waals surface area contributed by atoms with Crippen LogP contribution in [-0.4, -0.2) is 74.2 Å². The van der Waals surface area contributed by atoms with Gasteiger partial charge in [-0.05, 0) is 96.6 Å². The predicted molar refractivity (Wildman–Crippen MR) is 223 cm³/mol. The second-order valence-corrected chi connectivity index (χ2v) is 15.4. The standard InChI is InChI=1S/C46H48N6O8/c1-51-35(24-47-25-40(54)37-14-16-39(53)44-38(37)15-17-42(55)48-44)23-34(50-51)28-59-45(56)32-12-10-29(11-13-32)27-58-36-9-5-8-33(22-36)43(31-6-3-2-4-7-31)49-46(57)60-41-26-52-20-18-30(41)19-21-52/h2-17,22-23,30,40-41,43,47,53-54H,18-21,24-28H2,1H3,(H,48,55)(H,49,57)/t40?,41?,43-/m0/s1. The molecule has 14 nitrogen and oxygen atoms in total. The Morgan fingerprint density at radius 1 is 0.917 bits per heavy atom. The molecule has 2 unspecified atom stereocenters. The number of hydrogen-bond donors (Lipinski definition) is 5. The molecule has 2 bridgehead atoms. The number of amides is 1. The first-order valence-corrected chi connectivity index (χ1v) is 20.2. The van der Waals surface area contributed by atoms with Gasteiger partial charge in [0.2, 0.25) is 5.56 Å². The molecule has 5 heterocycles. The van der Waals surface area contributed by atoms with Crippen LogP contribution in [0.5, 0.6) is 11.5 Å². The number of alkyl carbamates (subject to hydrolysis) is 1. The summed E-state index contributed by atoms with van der Waals surface area (Å²) in [5.41, 5.74) is 4.91. The molecule has 5 N–H and O–H groups in total. The number of fused-ring (bicyclic) bond motifs is 4.